The van der Waals surface area contributed by atoms with E-state index < -0.39 is 0 Å². The Hall–Kier alpha value is -0.600. The second-order valence-corrected chi connectivity index (χ2v) is 3.89. The van der Waals surface area contributed by atoms with Gasteiger partial charge in [-0.1, -0.05) is 11.6 Å². The fourth-order valence-electron chi connectivity index (χ4n) is 1.39. The minimum atomic E-state index is 0.571. The van der Waals surface area contributed by atoms with E-state index in [1.807, 2.05) is 12.1 Å². The largest absolute Gasteiger partial charge is 0.493 e. The third kappa shape index (κ3) is 3.18. The molecule has 0 amide bonds. The van der Waals surface area contributed by atoms with E-state index in [1.165, 1.54) is 0 Å². The van der Waals surface area contributed by atoms with Crippen molar-refractivity contribution in [1.82, 2.24) is 0 Å². The molecule has 1 rings (SSSR count). The van der Waals surface area contributed by atoms with Gasteiger partial charge in [-0.15, -0.1) is 11.6 Å². The zero-order valence-electron chi connectivity index (χ0n) is 8.85. The lowest BCUT2D eigenvalue weighted by molar-refractivity contribution is 0.354. The van der Waals surface area contributed by atoms with Crippen LogP contribution in [0, 0.1) is 0 Å². The fourth-order valence-corrected chi connectivity index (χ4v) is 1.83. The zero-order chi connectivity index (χ0) is 11.3. The van der Waals surface area contributed by atoms with Gasteiger partial charge in [0.15, 0.2) is 11.5 Å². The average molecular weight is 249 g/mol. The highest BCUT2D eigenvalue weighted by Gasteiger charge is 2.10. The van der Waals surface area contributed by atoms with Crippen LogP contribution in [0.4, 0.5) is 0 Å². The molecule has 4 heteroatoms. The number of halogens is 2. The highest BCUT2D eigenvalue weighted by molar-refractivity contribution is 6.32. The number of ether oxygens (including phenoxy) is 2. The molecule has 0 atom stereocenters. The first-order valence-corrected chi connectivity index (χ1v) is 5.60. The van der Waals surface area contributed by atoms with Crippen LogP contribution in [0.15, 0.2) is 12.1 Å². The normalized spacial score (nSPS) is 10.1. The molecule has 0 saturated heterocycles. The van der Waals surface area contributed by atoms with E-state index in [4.69, 9.17) is 32.7 Å². The molecule has 0 spiro atoms. The van der Waals surface area contributed by atoms with Crippen LogP contribution >= 0.6 is 23.2 Å². The van der Waals surface area contributed by atoms with E-state index in [0.29, 0.717) is 22.4 Å². The van der Waals surface area contributed by atoms with E-state index in [9.17, 15) is 0 Å². The molecule has 0 bridgehead atoms. The Balaban J connectivity index is 2.97. The molecule has 15 heavy (non-hydrogen) atoms. The lowest BCUT2D eigenvalue weighted by Gasteiger charge is -2.11. The van der Waals surface area contributed by atoms with Gasteiger partial charge >= 0.3 is 0 Å². The third-order valence-electron chi connectivity index (χ3n) is 2.09. The van der Waals surface area contributed by atoms with Gasteiger partial charge in [-0.25, -0.2) is 0 Å². The second-order valence-electron chi connectivity index (χ2n) is 3.11. The van der Waals surface area contributed by atoms with Crippen molar-refractivity contribution in [3.63, 3.8) is 0 Å². The van der Waals surface area contributed by atoms with Crippen LogP contribution in [0.5, 0.6) is 11.5 Å². The molecule has 0 heterocycles. The van der Waals surface area contributed by atoms with Crippen LogP contribution in [-0.2, 0) is 6.42 Å². The summed E-state index contributed by atoms with van der Waals surface area (Å²) in [6, 6.07) is 3.81. The standard InChI is InChI=1S/C11H14Cl2O2/c1-14-10-7-8(4-3-5-12)6-9(13)11(10)15-2/h6-7H,3-5H2,1-2H3. The summed E-state index contributed by atoms with van der Waals surface area (Å²) in [5.41, 5.74) is 1.11. The molecule has 0 N–H and O–H groups in total. The van der Waals surface area contributed by atoms with E-state index in [1.54, 1.807) is 14.2 Å². The molecule has 1 aromatic carbocycles. The minimum Gasteiger partial charge on any atom is -0.493 e. The summed E-state index contributed by atoms with van der Waals surface area (Å²) in [7, 11) is 3.17. The molecule has 84 valence electrons. The molecule has 0 saturated carbocycles. The second kappa shape index (κ2) is 6.09. The first kappa shape index (κ1) is 12.5. The molecule has 1 aromatic rings. The highest BCUT2D eigenvalue weighted by atomic mass is 35.5. The lowest BCUT2D eigenvalue weighted by atomic mass is 10.1. The fraction of sp³-hybridized carbons (Fsp3) is 0.455. The molecular formula is C11H14Cl2O2. The van der Waals surface area contributed by atoms with Gasteiger partial charge < -0.3 is 9.47 Å². The minimum absolute atomic E-state index is 0.571. The summed E-state index contributed by atoms with van der Waals surface area (Å²) >= 11 is 11.7. The smallest absolute Gasteiger partial charge is 0.179 e. The van der Waals surface area contributed by atoms with E-state index >= 15 is 0 Å². The van der Waals surface area contributed by atoms with Crippen LogP contribution in [-0.4, -0.2) is 20.1 Å². The first-order chi connectivity index (χ1) is 7.22. The van der Waals surface area contributed by atoms with Gasteiger partial charge in [-0.05, 0) is 30.5 Å². The first-order valence-electron chi connectivity index (χ1n) is 4.69. The number of benzene rings is 1. The number of alkyl halides is 1. The molecule has 0 aliphatic carbocycles. The van der Waals surface area contributed by atoms with Gasteiger partial charge in [-0.2, -0.15) is 0 Å². The van der Waals surface area contributed by atoms with Crippen molar-refractivity contribution in [3.05, 3.63) is 22.7 Å². The molecular weight excluding hydrogens is 235 g/mol. The summed E-state index contributed by atoms with van der Waals surface area (Å²) in [5.74, 6) is 1.88. The Bertz CT molecular complexity index is 327. The third-order valence-corrected chi connectivity index (χ3v) is 2.64. The maximum Gasteiger partial charge on any atom is 0.179 e. The maximum atomic E-state index is 6.05. The van der Waals surface area contributed by atoms with Crippen molar-refractivity contribution in [3.8, 4) is 11.5 Å². The van der Waals surface area contributed by atoms with Gasteiger partial charge in [0.1, 0.15) is 0 Å². The van der Waals surface area contributed by atoms with E-state index in [-0.39, 0.29) is 0 Å². The zero-order valence-corrected chi connectivity index (χ0v) is 10.4. The van der Waals surface area contributed by atoms with E-state index in [0.717, 1.165) is 18.4 Å². The maximum absolute atomic E-state index is 6.05. The molecule has 2 nitrogen and oxygen atoms in total. The van der Waals surface area contributed by atoms with Gasteiger partial charge in [0.05, 0.1) is 19.2 Å². The Morgan fingerprint density at radius 2 is 1.93 bits per heavy atom. The Morgan fingerprint density at radius 1 is 1.20 bits per heavy atom. The van der Waals surface area contributed by atoms with Crippen LogP contribution in [0.25, 0.3) is 0 Å². The Morgan fingerprint density at radius 3 is 2.47 bits per heavy atom. The predicted molar refractivity (Wildman–Crippen MR) is 63.6 cm³/mol. The van der Waals surface area contributed by atoms with E-state index in [2.05, 4.69) is 0 Å². The Labute approximate surface area is 100 Å². The quantitative estimate of drug-likeness (QED) is 0.743. The summed E-state index contributed by atoms with van der Waals surface area (Å²) in [6.45, 7) is 0. The molecule has 0 aliphatic rings. The molecule has 0 fully saturated rings. The van der Waals surface area contributed by atoms with Crippen molar-refractivity contribution >= 4 is 23.2 Å². The molecule has 0 aliphatic heterocycles. The number of methoxy groups -OCH3 is 2. The number of rotatable bonds is 5. The van der Waals surface area contributed by atoms with Gasteiger partial charge in [-0.3, -0.25) is 0 Å². The topological polar surface area (TPSA) is 18.5 Å². The van der Waals surface area contributed by atoms with Gasteiger partial charge in [0.25, 0.3) is 0 Å². The summed E-state index contributed by atoms with van der Waals surface area (Å²) in [5, 5.41) is 0.571. The van der Waals surface area contributed by atoms with Crippen LogP contribution < -0.4 is 9.47 Å². The van der Waals surface area contributed by atoms with Crippen molar-refractivity contribution in [2.24, 2.45) is 0 Å². The summed E-state index contributed by atoms with van der Waals surface area (Å²) in [4.78, 5) is 0. The molecule has 0 unspecified atom stereocenters. The summed E-state index contributed by atoms with van der Waals surface area (Å²) in [6.07, 6.45) is 1.82. The van der Waals surface area contributed by atoms with Crippen molar-refractivity contribution in [2.45, 2.75) is 12.8 Å². The van der Waals surface area contributed by atoms with Crippen molar-refractivity contribution < 1.29 is 9.47 Å². The van der Waals surface area contributed by atoms with Crippen molar-refractivity contribution in [2.75, 3.05) is 20.1 Å². The predicted octanol–water partition coefficient (Wildman–Crippen LogP) is 3.53. The molecule has 0 radical (unpaired) electrons. The van der Waals surface area contributed by atoms with Crippen LogP contribution in [0.2, 0.25) is 5.02 Å². The monoisotopic (exact) mass is 248 g/mol. The number of hydrogen-bond donors (Lipinski definition) is 0. The van der Waals surface area contributed by atoms with Gasteiger partial charge in [0.2, 0.25) is 0 Å². The summed E-state index contributed by atoms with van der Waals surface area (Å²) < 4.78 is 10.3. The Kier molecular flexibility index (Phi) is 5.06. The average Bonchev–Trinajstić information content (AvgIpc) is 2.25. The van der Waals surface area contributed by atoms with Crippen LogP contribution in [0.1, 0.15) is 12.0 Å². The highest BCUT2D eigenvalue weighted by Crippen LogP contribution is 2.36. The number of hydrogen-bond acceptors (Lipinski definition) is 2. The van der Waals surface area contributed by atoms with Crippen molar-refractivity contribution in [1.29, 1.82) is 0 Å². The molecule has 0 aromatic heterocycles. The van der Waals surface area contributed by atoms with Crippen LogP contribution in [0.3, 0.4) is 0 Å². The number of aryl methyl sites for hydroxylation is 1. The SMILES string of the molecule is COc1cc(CCCCl)cc(Cl)c1OC. The lowest BCUT2D eigenvalue weighted by Crippen LogP contribution is -1.94. The van der Waals surface area contributed by atoms with Gasteiger partial charge in [0, 0.05) is 5.88 Å².